The van der Waals surface area contributed by atoms with E-state index < -0.39 is 0 Å². The molecule has 2 rings (SSSR count). The van der Waals surface area contributed by atoms with Crippen molar-refractivity contribution >= 4 is 0 Å². The van der Waals surface area contributed by atoms with Crippen molar-refractivity contribution in [3.8, 4) is 12.5 Å². The second kappa shape index (κ2) is 7.39. The molecule has 110 valence electrons. The van der Waals surface area contributed by atoms with Crippen LogP contribution < -0.4 is 0 Å². The molecule has 2 aliphatic rings. The fourth-order valence-corrected chi connectivity index (χ4v) is 4.00. The average molecular weight is 276 g/mol. The topological polar surface area (TPSA) is 66.0 Å². The highest BCUT2D eigenvalue weighted by molar-refractivity contribution is 4.84. The Kier molecular flexibility index (Phi) is 5.53. The van der Waals surface area contributed by atoms with E-state index >= 15 is 0 Å². The van der Waals surface area contributed by atoms with Crippen LogP contribution in [0, 0.1) is 40.8 Å². The largest absolute Gasteiger partial charge is 0.424 e. The van der Waals surface area contributed by atoms with Crippen LogP contribution in [0.15, 0.2) is 0 Å². The normalized spacial score (nSPS) is 35.4. The van der Waals surface area contributed by atoms with Crippen molar-refractivity contribution in [3.63, 3.8) is 0 Å². The molecular weight excluding hydrogens is 252 g/mol. The van der Waals surface area contributed by atoms with Crippen molar-refractivity contribution in [3.05, 3.63) is 0 Å². The van der Waals surface area contributed by atoms with Gasteiger partial charge in [0.05, 0.1) is 0 Å². The van der Waals surface area contributed by atoms with Crippen molar-refractivity contribution in [2.45, 2.75) is 70.5 Å². The van der Waals surface area contributed by atoms with Gasteiger partial charge in [-0.2, -0.15) is 10.5 Å². The summed E-state index contributed by atoms with van der Waals surface area (Å²) in [4.78, 5) is 0. The van der Waals surface area contributed by atoms with Gasteiger partial charge in [0.25, 0.3) is 12.5 Å². The summed E-state index contributed by atoms with van der Waals surface area (Å²) in [5, 5.41) is 17.1. The molecule has 0 aromatic heterocycles. The number of nitriles is 2. The third kappa shape index (κ3) is 3.79. The summed E-state index contributed by atoms with van der Waals surface area (Å²) in [5.41, 5.74) is 0. The zero-order valence-corrected chi connectivity index (χ0v) is 12.3. The second-order valence-corrected chi connectivity index (χ2v) is 6.35. The molecule has 0 bridgehead atoms. The van der Waals surface area contributed by atoms with Gasteiger partial charge in [0.15, 0.2) is 0 Å². The van der Waals surface area contributed by atoms with Crippen LogP contribution in [-0.4, -0.2) is 12.2 Å². The minimum Gasteiger partial charge on any atom is -0.424 e. The Morgan fingerprint density at radius 2 is 1.10 bits per heavy atom. The SMILES string of the molecule is CC(C1CCC(OC#N)CC1)C1CCC(OC#N)CC1. The smallest absolute Gasteiger partial charge is 0.286 e. The van der Waals surface area contributed by atoms with Crippen molar-refractivity contribution < 1.29 is 9.47 Å². The summed E-state index contributed by atoms with van der Waals surface area (Å²) >= 11 is 0. The first-order valence-corrected chi connectivity index (χ1v) is 7.84. The first-order chi connectivity index (χ1) is 9.74. The lowest BCUT2D eigenvalue weighted by Crippen LogP contribution is -2.31. The van der Waals surface area contributed by atoms with E-state index in [1.807, 2.05) is 12.5 Å². The number of ether oxygens (including phenoxy) is 2. The van der Waals surface area contributed by atoms with Gasteiger partial charge in [-0.05, 0) is 69.1 Å². The van der Waals surface area contributed by atoms with Crippen molar-refractivity contribution in [2.75, 3.05) is 0 Å². The molecule has 0 saturated heterocycles. The van der Waals surface area contributed by atoms with E-state index in [1.165, 1.54) is 25.7 Å². The van der Waals surface area contributed by atoms with Gasteiger partial charge in [-0.25, -0.2) is 0 Å². The van der Waals surface area contributed by atoms with Crippen molar-refractivity contribution in [1.29, 1.82) is 10.5 Å². The third-order valence-electron chi connectivity index (χ3n) is 5.36. The van der Waals surface area contributed by atoms with Gasteiger partial charge < -0.3 is 9.47 Å². The lowest BCUT2D eigenvalue weighted by Gasteiger charge is -2.38. The van der Waals surface area contributed by atoms with Gasteiger partial charge >= 0.3 is 0 Å². The van der Waals surface area contributed by atoms with E-state index in [0.29, 0.717) is 0 Å². The maximum atomic E-state index is 8.56. The summed E-state index contributed by atoms with van der Waals surface area (Å²) in [6.45, 7) is 2.38. The first-order valence-electron chi connectivity index (χ1n) is 7.84. The summed E-state index contributed by atoms with van der Waals surface area (Å²) in [5.74, 6) is 2.28. The Balaban J connectivity index is 1.75. The quantitative estimate of drug-likeness (QED) is 0.734. The molecule has 0 heterocycles. The van der Waals surface area contributed by atoms with E-state index in [4.69, 9.17) is 20.0 Å². The van der Waals surface area contributed by atoms with E-state index in [9.17, 15) is 0 Å². The summed E-state index contributed by atoms with van der Waals surface area (Å²) in [7, 11) is 0. The van der Waals surface area contributed by atoms with Gasteiger partial charge in [-0.1, -0.05) is 6.92 Å². The molecular formula is C16H24N2O2. The molecule has 0 spiro atoms. The van der Waals surface area contributed by atoms with Crippen molar-refractivity contribution in [1.82, 2.24) is 0 Å². The highest BCUT2D eigenvalue weighted by Crippen LogP contribution is 2.40. The first kappa shape index (κ1) is 15.0. The van der Waals surface area contributed by atoms with Gasteiger partial charge in [0, 0.05) is 0 Å². The lowest BCUT2D eigenvalue weighted by molar-refractivity contribution is 0.0487. The zero-order chi connectivity index (χ0) is 14.4. The molecule has 0 unspecified atom stereocenters. The van der Waals surface area contributed by atoms with Crippen LogP contribution in [0.1, 0.15) is 58.3 Å². The van der Waals surface area contributed by atoms with Crippen LogP contribution in [0.25, 0.3) is 0 Å². The molecule has 2 saturated carbocycles. The van der Waals surface area contributed by atoms with E-state index in [-0.39, 0.29) is 12.2 Å². The number of hydrogen-bond donors (Lipinski definition) is 0. The van der Waals surface area contributed by atoms with Crippen LogP contribution in [0.4, 0.5) is 0 Å². The Hall–Kier alpha value is -1.42. The van der Waals surface area contributed by atoms with Gasteiger partial charge in [-0.3, -0.25) is 0 Å². The maximum Gasteiger partial charge on any atom is 0.286 e. The summed E-state index contributed by atoms with van der Waals surface area (Å²) in [6.07, 6.45) is 12.8. The summed E-state index contributed by atoms with van der Waals surface area (Å²) in [6, 6.07) is 0. The zero-order valence-electron chi connectivity index (χ0n) is 12.3. The van der Waals surface area contributed by atoms with Crippen LogP contribution in [-0.2, 0) is 9.47 Å². The molecule has 0 aromatic rings. The fourth-order valence-electron chi connectivity index (χ4n) is 4.00. The Morgan fingerprint density at radius 3 is 1.40 bits per heavy atom. The molecule has 0 radical (unpaired) electrons. The van der Waals surface area contributed by atoms with Crippen LogP contribution in [0.3, 0.4) is 0 Å². The van der Waals surface area contributed by atoms with Gasteiger partial charge in [0.1, 0.15) is 12.2 Å². The number of rotatable bonds is 4. The maximum absolute atomic E-state index is 8.56. The molecule has 4 nitrogen and oxygen atoms in total. The predicted molar refractivity (Wildman–Crippen MR) is 74.1 cm³/mol. The van der Waals surface area contributed by atoms with Crippen molar-refractivity contribution in [2.24, 2.45) is 17.8 Å². The Bertz CT molecular complexity index is 333. The molecule has 0 amide bonds. The second-order valence-electron chi connectivity index (χ2n) is 6.35. The van der Waals surface area contributed by atoms with Crippen LogP contribution in [0.5, 0.6) is 0 Å². The van der Waals surface area contributed by atoms with Gasteiger partial charge in [-0.15, -0.1) is 0 Å². The monoisotopic (exact) mass is 276 g/mol. The summed E-state index contributed by atoms with van der Waals surface area (Å²) < 4.78 is 10.1. The highest BCUT2D eigenvalue weighted by Gasteiger charge is 2.33. The van der Waals surface area contributed by atoms with Crippen LogP contribution >= 0.6 is 0 Å². The number of nitrogens with zero attached hydrogens (tertiary/aromatic N) is 2. The lowest BCUT2D eigenvalue weighted by atomic mass is 9.70. The molecule has 0 N–H and O–H groups in total. The highest BCUT2D eigenvalue weighted by atomic mass is 16.5. The standard InChI is InChI=1S/C16H24N2O2/c1-12(13-2-6-15(7-3-13)19-10-17)14-4-8-16(9-5-14)20-11-18/h12-16H,2-9H2,1H3. The Labute approximate surface area is 121 Å². The molecule has 0 atom stereocenters. The molecule has 4 heteroatoms. The minimum atomic E-state index is 0.156. The minimum absolute atomic E-state index is 0.156. The van der Waals surface area contributed by atoms with E-state index in [0.717, 1.165) is 43.4 Å². The fraction of sp³-hybridized carbons (Fsp3) is 0.875. The third-order valence-corrected chi connectivity index (χ3v) is 5.36. The van der Waals surface area contributed by atoms with E-state index in [1.54, 1.807) is 0 Å². The number of hydrogen-bond acceptors (Lipinski definition) is 4. The predicted octanol–water partition coefficient (Wildman–Crippen LogP) is 3.74. The molecule has 0 aliphatic heterocycles. The molecule has 2 aliphatic carbocycles. The van der Waals surface area contributed by atoms with E-state index in [2.05, 4.69) is 6.92 Å². The molecule has 0 aromatic carbocycles. The Morgan fingerprint density at radius 1 is 0.750 bits per heavy atom. The average Bonchev–Trinajstić information content (AvgIpc) is 2.49. The van der Waals surface area contributed by atoms with Crippen LogP contribution in [0.2, 0.25) is 0 Å². The molecule has 2 fully saturated rings. The molecule has 20 heavy (non-hydrogen) atoms. The van der Waals surface area contributed by atoms with Gasteiger partial charge in [0.2, 0.25) is 0 Å².